The number of sulfonamides is 1. The summed E-state index contributed by atoms with van der Waals surface area (Å²) in [5, 5.41) is 8.17. The third-order valence-electron chi connectivity index (χ3n) is 2.58. The van der Waals surface area contributed by atoms with Crippen molar-refractivity contribution < 1.29 is 31.5 Å². The van der Waals surface area contributed by atoms with E-state index in [0.29, 0.717) is 0 Å². The van der Waals surface area contributed by atoms with E-state index in [-0.39, 0.29) is 12.2 Å². The van der Waals surface area contributed by atoms with E-state index in [1.807, 2.05) is 4.72 Å². The van der Waals surface area contributed by atoms with Crippen LogP contribution in [0.3, 0.4) is 0 Å². The van der Waals surface area contributed by atoms with E-state index in [4.69, 9.17) is 0 Å². The molecule has 0 aliphatic carbocycles. The van der Waals surface area contributed by atoms with Gasteiger partial charge in [0, 0.05) is 6.54 Å². The van der Waals surface area contributed by atoms with Crippen molar-refractivity contribution in [1.29, 1.82) is 0 Å². The number of hydrogen-bond acceptors (Lipinski definition) is 7. The lowest BCUT2D eigenvalue weighted by Crippen LogP contribution is -2.41. The van der Waals surface area contributed by atoms with Crippen LogP contribution in [0.5, 0.6) is 0 Å². The number of ether oxygens (including phenoxy) is 1. The van der Waals surface area contributed by atoms with Gasteiger partial charge in [-0.2, -0.15) is 0 Å². The maximum absolute atomic E-state index is 11.7. The highest BCUT2D eigenvalue weighted by Crippen LogP contribution is 2.17. The first kappa shape index (κ1) is 15.3. The molecule has 18 heavy (non-hydrogen) atoms. The molecule has 0 spiro atoms. The minimum absolute atomic E-state index is 0.0198. The normalized spacial score (nSPS) is 24.7. The van der Waals surface area contributed by atoms with Crippen LogP contribution in [0.15, 0.2) is 0 Å². The molecule has 1 rings (SSSR count). The Morgan fingerprint density at radius 3 is 2.61 bits per heavy atom. The first-order chi connectivity index (χ1) is 8.18. The molecule has 0 amide bonds. The van der Waals surface area contributed by atoms with Crippen LogP contribution in [-0.4, -0.2) is 64.4 Å². The SMILES string of the molecule is COC(=O)C(O)CNS(=O)(=O)C1CCS(=O)(=O)C1. The van der Waals surface area contributed by atoms with Crippen molar-refractivity contribution in [1.82, 2.24) is 4.72 Å². The van der Waals surface area contributed by atoms with Gasteiger partial charge in [0.15, 0.2) is 15.9 Å². The second-order valence-electron chi connectivity index (χ2n) is 3.96. The quantitative estimate of drug-likeness (QED) is 0.543. The smallest absolute Gasteiger partial charge is 0.336 e. The van der Waals surface area contributed by atoms with Crippen molar-refractivity contribution >= 4 is 25.8 Å². The van der Waals surface area contributed by atoms with E-state index in [1.165, 1.54) is 0 Å². The predicted octanol–water partition coefficient (Wildman–Crippen LogP) is -2.37. The Labute approximate surface area is 105 Å². The highest BCUT2D eigenvalue weighted by atomic mass is 32.2. The molecule has 1 aliphatic rings. The molecule has 0 aromatic carbocycles. The fraction of sp³-hybridized carbons (Fsp3) is 0.875. The van der Waals surface area contributed by atoms with Crippen molar-refractivity contribution in [2.45, 2.75) is 17.8 Å². The lowest BCUT2D eigenvalue weighted by Gasteiger charge is -2.13. The molecule has 2 unspecified atom stereocenters. The third kappa shape index (κ3) is 3.90. The Morgan fingerprint density at radius 1 is 1.56 bits per heavy atom. The molecule has 8 nitrogen and oxygen atoms in total. The van der Waals surface area contributed by atoms with E-state index in [0.717, 1.165) is 7.11 Å². The van der Waals surface area contributed by atoms with Crippen LogP contribution in [0.4, 0.5) is 0 Å². The van der Waals surface area contributed by atoms with Crippen LogP contribution >= 0.6 is 0 Å². The maximum Gasteiger partial charge on any atom is 0.336 e. The predicted molar refractivity (Wildman–Crippen MR) is 62.0 cm³/mol. The van der Waals surface area contributed by atoms with Crippen LogP contribution in [0, 0.1) is 0 Å². The van der Waals surface area contributed by atoms with Crippen molar-refractivity contribution in [3.8, 4) is 0 Å². The molecule has 0 aromatic rings. The van der Waals surface area contributed by atoms with Gasteiger partial charge in [-0.3, -0.25) is 0 Å². The average molecular weight is 301 g/mol. The van der Waals surface area contributed by atoms with Gasteiger partial charge >= 0.3 is 5.97 Å². The van der Waals surface area contributed by atoms with Gasteiger partial charge in [0.2, 0.25) is 10.0 Å². The first-order valence-electron chi connectivity index (χ1n) is 5.13. The van der Waals surface area contributed by atoms with E-state index in [2.05, 4.69) is 4.74 Å². The minimum atomic E-state index is -3.86. The number of esters is 1. The number of aliphatic hydroxyl groups is 1. The average Bonchev–Trinajstić information content (AvgIpc) is 2.66. The van der Waals surface area contributed by atoms with Gasteiger partial charge in [0.1, 0.15) is 0 Å². The number of nitrogens with one attached hydrogen (secondary N) is 1. The monoisotopic (exact) mass is 301 g/mol. The Balaban J connectivity index is 2.59. The largest absolute Gasteiger partial charge is 0.467 e. The molecule has 1 fully saturated rings. The second kappa shape index (κ2) is 5.51. The van der Waals surface area contributed by atoms with Crippen LogP contribution in [0.25, 0.3) is 0 Å². The van der Waals surface area contributed by atoms with E-state index in [9.17, 15) is 26.7 Å². The molecule has 0 radical (unpaired) electrons. The third-order valence-corrected chi connectivity index (χ3v) is 6.41. The van der Waals surface area contributed by atoms with E-state index >= 15 is 0 Å². The van der Waals surface area contributed by atoms with Gasteiger partial charge in [0.25, 0.3) is 0 Å². The molecule has 2 N–H and O–H groups in total. The number of carbonyl (C=O) groups is 1. The van der Waals surface area contributed by atoms with Crippen molar-refractivity contribution in [3.63, 3.8) is 0 Å². The molecule has 0 saturated carbocycles. The molecule has 1 saturated heterocycles. The first-order valence-corrected chi connectivity index (χ1v) is 8.49. The summed E-state index contributed by atoms with van der Waals surface area (Å²) < 4.78 is 52.0. The number of carbonyl (C=O) groups excluding carboxylic acids is 1. The fourth-order valence-corrected chi connectivity index (χ4v) is 5.62. The Bertz CT molecular complexity index is 510. The molecule has 0 bridgehead atoms. The zero-order valence-corrected chi connectivity index (χ0v) is 11.3. The number of methoxy groups -OCH3 is 1. The number of sulfone groups is 1. The Hall–Kier alpha value is -0.710. The maximum atomic E-state index is 11.7. The lowest BCUT2D eigenvalue weighted by atomic mass is 10.4. The van der Waals surface area contributed by atoms with Crippen molar-refractivity contribution in [3.05, 3.63) is 0 Å². The summed E-state index contributed by atoms with van der Waals surface area (Å²) >= 11 is 0. The van der Waals surface area contributed by atoms with Gasteiger partial charge in [-0.25, -0.2) is 26.4 Å². The van der Waals surface area contributed by atoms with Crippen LogP contribution < -0.4 is 4.72 Å². The summed E-state index contributed by atoms with van der Waals surface area (Å²) in [6.45, 7) is -0.536. The molecule has 10 heteroatoms. The van der Waals surface area contributed by atoms with Crippen molar-refractivity contribution in [2.24, 2.45) is 0 Å². The summed E-state index contributed by atoms with van der Waals surface area (Å²) in [7, 11) is -6.12. The number of aliphatic hydroxyl groups excluding tert-OH is 1. The van der Waals surface area contributed by atoms with E-state index in [1.54, 1.807) is 0 Å². The van der Waals surface area contributed by atoms with Crippen LogP contribution in [-0.2, 0) is 29.4 Å². The number of hydrogen-bond donors (Lipinski definition) is 2. The summed E-state index contributed by atoms with van der Waals surface area (Å²) in [5.41, 5.74) is 0. The van der Waals surface area contributed by atoms with Gasteiger partial charge in [-0.1, -0.05) is 0 Å². The molecular weight excluding hydrogens is 286 g/mol. The molecule has 2 atom stereocenters. The number of rotatable bonds is 5. The Morgan fingerprint density at radius 2 is 2.17 bits per heavy atom. The van der Waals surface area contributed by atoms with Crippen molar-refractivity contribution in [2.75, 3.05) is 25.2 Å². The Kier molecular flexibility index (Phi) is 4.70. The summed E-state index contributed by atoms with van der Waals surface area (Å²) in [4.78, 5) is 10.9. The molecule has 1 heterocycles. The molecule has 0 aromatic heterocycles. The van der Waals surface area contributed by atoms with Crippen LogP contribution in [0.2, 0.25) is 0 Å². The van der Waals surface area contributed by atoms with Gasteiger partial charge < -0.3 is 9.84 Å². The zero-order valence-electron chi connectivity index (χ0n) is 9.70. The molecule has 1 aliphatic heterocycles. The van der Waals surface area contributed by atoms with E-state index < -0.39 is 49.5 Å². The highest BCUT2D eigenvalue weighted by molar-refractivity contribution is 7.95. The second-order valence-corrected chi connectivity index (χ2v) is 8.23. The topological polar surface area (TPSA) is 127 Å². The fourth-order valence-electron chi connectivity index (χ4n) is 1.54. The van der Waals surface area contributed by atoms with Gasteiger partial charge in [-0.05, 0) is 6.42 Å². The highest BCUT2D eigenvalue weighted by Gasteiger charge is 2.37. The lowest BCUT2D eigenvalue weighted by molar-refractivity contribution is -0.149. The molecular formula is C8H15NO7S2. The summed E-state index contributed by atoms with van der Waals surface area (Å²) in [5.74, 6) is -1.56. The van der Waals surface area contributed by atoms with Gasteiger partial charge in [-0.15, -0.1) is 0 Å². The van der Waals surface area contributed by atoms with Crippen LogP contribution in [0.1, 0.15) is 6.42 Å². The standard InChI is InChI=1S/C8H15NO7S2/c1-16-8(11)7(10)4-9-18(14,15)6-2-3-17(12,13)5-6/h6-7,9-10H,2-5H2,1H3. The minimum Gasteiger partial charge on any atom is -0.467 e. The molecule has 106 valence electrons. The zero-order chi connectivity index (χ0) is 14.0. The summed E-state index contributed by atoms with van der Waals surface area (Å²) in [6, 6.07) is 0. The summed E-state index contributed by atoms with van der Waals surface area (Å²) in [6.07, 6.45) is -1.59. The van der Waals surface area contributed by atoms with Gasteiger partial charge in [0.05, 0.1) is 23.9 Å².